The zero-order chi connectivity index (χ0) is 14.8. The van der Waals surface area contributed by atoms with Crippen molar-refractivity contribution < 1.29 is 8.42 Å². The number of thiophene rings is 1. The number of rotatable bonds is 5. The van der Waals surface area contributed by atoms with Crippen LogP contribution in [0.1, 0.15) is 4.88 Å². The van der Waals surface area contributed by atoms with Gasteiger partial charge in [0.25, 0.3) is 10.0 Å². The van der Waals surface area contributed by atoms with Gasteiger partial charge in [-0.2, -0.15) is 0 Å². The molecule has 0 radical (unpaired) electrons. The summed E-state index contributed by atoms with van der Waals surface area (Å²) in [7, 11) is -1.81. The summed E-state index contributed by atoms with van der Waals surface area (Å²) in [5.41, 5.74) is 0.349. The van der Waals surface area contributed by atoms with Gasteiger partial charge in [-0.05, 0) is 31.3 Å². The minimum absolute atomic E-state index is 0.240. The van der Waals surface area contributed by atoms with Gasteiger partial charge in [0.15, 0.2) is 0 Å². The lowest BCUT2D eigenvalue weighted by Gasteiger charge is -2.08. The van der Waals surface area contributed by atoms with Crippen LogP contribution in [0.25, 0.3) is 0 Å². The molecule has 2 rings (SSSR count). The number of benzene rings is 1. The molecule has 0 bridgehead atoms. The highest BCUT2D eigenvalue weighted by molar-refractivity contribution is 9.10. The predicted molar refractivity (Wildman–Crippen MR) is 87.0 cm³/mol. The molecule has 0 atom stereocenters. The largest absolute Gasteiger partial charge is 0.315 e. The molecule has 0 saturated carbocycles. The van der Waals surface area contributed by atoms with Crippen LogP contribution >= 0.6 is 38.9 Å². The van der Waals surface area contributed by atoms with Gasteiger partial charge in [0, 0.05) is 21.3 Å². The maximum absolute atomic E-state index is 12.3. The number of halogens is 2. The molecular formula is C12H12BrClN2O2S2. The van der Waals surface area contributed by atoms with Crippen LogP contribution in [-0.4, -0.2) is 15.5 Å². The van der Waals surface area contributed by atoms with E-state index in [1.807, 2.05) is 7.05 Å². The summed E-state index contributed by atoms with van der Waals surface area (Å²) in [4.78, 5) is 1.19. The van der Waals surface area contributed by atoms with Gasteiger partial charge in [0.1, 0.15) is 0 Å². The van der Waals surface area contributed by atoms with E-state index < -0.39 is 10.0 Å². The second-order valence-electron chi connectivity index (χ2n) is 4.01. The molecule has 20 heavy (non-hydrogen) atoms. The van der Waals surface area contributed by atoms with Gasteiger partial charge in [-0.1, -0.05) is 27.5 Å². The summed E-state index contributed by atoms with van der Waals surface area (Å²) < 4.78 is 27.8. The number of hydrogen-bond donors (Lipinski definition) is 2. The molecule has 0 spiro atoms. The van der Waals surface area contributed by atoms with Crippen molar-refractivity contribution in [3.05, 3.63) is 44.0 Å². The van der Waals surface area contributed by atoms with E-state index in [9.17, 15) is 8.42 Å². The molecule has 108 valence electrons. The number of nitrogens with one attached hydrogen (secondary N) is 2. The van der Waals surface area contributed by atoms with Crippen molar-refractivity contribution in [2.75, 3.05) is 11.8 Å². The van der Waals surface area contributed by atoms with Crippen LogP contribution in [0.3, 0.4) is 0 Å². The number of hydrogen-bond acceptors (Lipinski definition) is 4. The van der Waals surface area contributed by atoms with Gasteiger partial charge in [-0.15, -0.1) is 11.3 Å². The van der Waals surface area contributed by atoms with E-state index in [1.165, 1.54) is 11.3 Å². The minimum atomic E-state index is -3.62. The Morgan fingerprint density at radius 3 is 2.80 bits per heavy atom. The molecule has 4 nitrogen and oxygen atoms in total. The van der Waals surface area contributed by atoms with Crippen molar-refractivity contribution in [2.24, 2.45) is 0 Å². The molecule has 2 N–H and O–H groups in total. The van der Waals surface area contributed by atoms with Crippen LogP contribution in [0.4, 0.5) is 5.69 Å². The Labute approximate surface area is 135 Å². The quantitative estimate of drug-likeness (QED) is 0.812. The Hall–Kier alpha value is -0.600. The molecule has 0 aliphatic heterocycles. The van der Waals surface area contributed by atoms with Gasteiger partial charge >= 0.3 is 0 Å². The summed E-state index contributed by atoms with van der Waals surface area (Å²) in [6.07, 6.45) is 0. The third-order valence-corrected chi connectivity index (χ3v) is 5.72. The lowest BCUT2D eigenvalue weighted by atomic mass is 10.3. The van der Waals surface area contributed by atoms with Crippen molar-refractivity contribution in [3.63, 3.8) is 0 Å². The van der Waals surface area contributed by atoms with Gasteiger partial charge in [-0.3, -0.25) is 4.72 Å². The zero-order valence-corrected chi connectivity index (χ0v) is 14.5. The van der Waals surface area contributed by atoms with Crippen molar-refractivity contribution in [3.8, 4) is 0 Å². The lowest BCUT2D eigenvalue weighted by molar-refractivity contribution is 0.601. The number of sulfonamides is 1. The second kappa shape index (κ2) is 6.44. The van der Waals surface area contributed by atoms with Crippen LogP contribution < -0.4 is 10.0 Å². The first-order valence-corrected chi connectivity index (χ1v) is 9.15. The fraction of sp³-hybridized carbons (Fsp3) is 0.167. The summed E-state index contributed by atoms with van der Waals surface area (Å²) in [6.45, 7) is 0.637. The van der Waals surface area contributed by atoms with Crippen LogP contribution in [0, 0.1) is 0 Å². The summed E-state index contributed by atoms with van der Waals surface area (Å²) in [5.74, 6) is 0. The molecule has 1 aromatic heterocycles. The first-order chi connectivity index (χ1) is 9.42. The Morgan fingerprint density at radius 2 is 2.10 bits per heavy atom. The normalized spacial score (nSPS) is 11.6. The molecule has 1 aromatic carbocycles. The fourth-order valence-corrected chi connectivity index (χ4v) is 4.49. The molecule has 0 amide bonds. The summed E-state index contributed by atoms with van der Waals surface area (Å²) >= 11 is 10.7. The highest BCUT2D eigenvalue weighted by atomic mass is 79.9. The molecule has 0 fully saturated rings. The van der Waals surface area contributed by atoms with Crippen molar-refractivity contribution >= 4 is 54.6 Å². The van der Waals surface area contributed by atoms with Crippen LogP contribution in [0.5, 0.6) is 0 Å². The summed E-state index contributed by atoms with van der Waals surface area (Å²) in [5, 5.41) is 4.94. The van der Waals surface area contributed by atoms with Gasteiger partial charge in [-0.25, -0.2) is 8.42 Å². The first kappa shape index (κ1) is 15.8. The Morgan fingerprint density at radius 1 is 1.35 bits per heavy atom. The molecule has 0 unspecified atom stereocenters. The predicted octanol–water partition coefficient (Wildman–Crippen LogP) is 3.68. The first-order valence-electron chi connectivity index (χ1n) is 5.62. The molecule has 1 heterocycles. The second-order valence-corrected chi connectivity index (χ2v) is 8.01. The van der Waals surface area contributed by atoms with Crippen LogP contribution in [0.15, 0.2) is 39.0 Å². The van der Waals surface area contributed by atoms with Crippen molar-refractivity contribution in [2.45, 2.75) is 11.4 Å². The van der Waals surface area contributed by atoms with Gasteiger partial charge < -0.3 is 5.32 Å². The highest BCUT2D eigenvalue weighted by Gasteiger charge is 2.17. The average Bonchev–Trinajstić information content (AvgIpc) is 2.83. The average molecular weight is 396 g/mol. The minimum Gasteiger partial charge on any atom is -0.315 e. The van der Waals surface area contributed by atoms with E-state index in [-0.39, 0.29) is 4.90 Å². The van der Waals surface area contributed by atoms with Gasteiger partial charge in [0.2, 0.25) is 0 Å². The molecule has 0 aliphatic rings. The maximum Gasteiger partial charge on any atom is 0.262 e. The Balaban J connectivity index is 2.28. The third-order valence-electron chi connectivity index (χ3n) is 2.46. The maximum atomic E-state index is 12.3. The van der Waals surface area contributed by atoms with E-state index in [4.69, 9.17) is 11.6 Å². The Bertz CT molecular complexity index is 716. The van der Waals surface area contributed by atoms with Crippen molar-refractivity contribution in [1.29, 1.82) is 0 Å². The van der Waals surface area contributed by atoms with E-state index in [2.05, 4.69) is 26.0 Å². The zero-order valence-electron chi connectivity index (χ0n) is 10.5. The topological polar surface area (TPSA) is 58.2 Å². The monoisotopic (exact) mass is 394 g/mol. The SMILES string of the molecule is CNCc1cc(S(=O)(=O)Nc2cc(Br)ccc2Cl)cs1. The lowest BCUT2D eigenvalue weighted by Crippen LogP contribution is -2.12. The summed E-state index contributed by atoms with van der Waals surface area (Å²) in [6, 6.07) is 6.65. The van der Waals surface area contributed by atoms with E-state index in [0.717, 1.165) is 9.35 Å². The molecule has 0 aliphatic carbocycles. The smallest absolute Gasteiger partial charge is 0.262 e. The molecule has 0 saturated heterocycles. The van der Waals surface area contributed by atoms with E-state index in [1.54, 1.807) is 29.6 Å². The van der Waals surface area contributed by atoms with Gasteiger partial charge in [0.05, 0.1) is 15.6 Å². The third kappa shape index (κ3) is 3.73. The number of anilines is 1. The molecule has 8 heteroatoms. The van der Waals surface area contributed by atoms with E-state index >= 15 is 0 Å². The Kier molecular flexibility index (Phi) is 5.09. The fourth-order valence-electron chi connectivity index (χ4n) is 1.55. The molecular weight excluding hydrogens is 384 g/mol. The van der Waals surface area contributed by atoms with E-state index in [0.29, 0.717) is 17.3 Å². The molecule has 2 aromatic rings. The van der Waals surface area contributed by atoms with Crippen molar-refractivity contribution in [1.82, 2.24) is 5.32 Å². The standard InChI is InChI=1S/C12H12BrClN2O2S2/c1-15-6-9-5-10(7-19-9)20(17,18)16-12-4-8(13)2-3-11(12)14/h2-5,7,15-16H,6H2,1H3. The van der Waals surface area contributed by atoms with Crippen LogP contribution in [0.2, 0.25) is 5.02 Å². The highest BCUT2D eigenvalue weighted by Crippen LogP contribution is 2.29. The van der Waals surface area contributed by atoms with Crippen LogP contribution in [-0.2, 0) is 16.6 Å².